The van der Waals surface area contributed by atoms with Crippen molar-refractivity contribution in [3.63, 3.8) is 0 Å². The lowest BCUT2D eigenvalue weighted by molar-refractivity contribution is -0.124. The van der Waals surface area contributed by atoms with E-state index in [9.17, 15) is 14.4 Å². The van der Waals surface area contributed by atoms with E-state index in [0.717, 1.165) is 29.2 Å². The number of benzene rings is 3. The van der Waals surface area contributed by atoms with Crippen LogP contribution in [-0.2, 0) is 9.59 Å². The van der Waals surface area contributed by atoms with E-state index >= 15 is 0 Å². The molecule has 3 amide bonds. The zero-order valence-corrected chi connectivity index (χ0v) is 17.4. The Hall–Kier alpha value is -3.67. The molecule has 0 atom stereocenters. The molecule has 31 heavy (non-hydrogen) atoms. The Morgan fingerprint density at radius 2 is 1.61 bits per heavy atom. The molecule has 158 valence electrons. The van der Waals surface area contributed by atoms with Crippen molar-refractivity contribution in [3.05, 3.63) is 77.9 Å². The molecule has 4 rings (SSSR count). The van der Waals surface area contributed by atoms with Crippen molar-refractivity contribution < 1.29 is 14.4 Å². The van der Waals surface area contributed by atoms with Gasteiger partial charge in [0.2, 0.25) is 11.8 Å². The molecule has 0 radical (unpaired) electrons. The smallest absolute Gasteiger partial charge is 0.254 e. The van der Waals surface area contributed by atoms with E-state index in [1.807, 2.05) is 67.6 Å². The maximum atomic E-state index is 13.1. The van der Waals surface area contributed by atoms with E-state index < -0.39 is 0 Å². The summed E-state index contributed by atoms with van der Waals surface area (Å²) >= 11 is 0. The third-order valence-electron chi connectivity index (χ3n) is 5.34. The van der Waals surface area contributed by atoms with Crippen LogP contribution in [0.15, 0.2) is 66.7 Å². The van der Waals surface area contributed by atoms with Crippen molar-refractivity contribution in [2.45, 2.75) is 25.8 Å². The van der Waals surface area contributed by atoms with E-state index in [0.29, 0.717) is 11.3 Å². The van der Waals surface area contributed by atoms with Crippen LogP contribution in [0.5, 0.6) is 0 Å². The molecule has 6 nitrogen and oxygen atoms in total. The summed E-state index contributed by atoms with van der Waals surface area (Å²) in [7, 11) is 0. The Morgan fingerprint density at radius 3 is 2.32 bits per heavy atom. The molecule has 1 fully saturated rings. The fourth-order valence-electron chi connectivity index (χ4n) is 3.47. The highest BCUT2D eigenvalue weighted by molar-refractivity contribution is 6.01. The molecule has 0 aromatic heterocycles. The minimum Gasteiger partial charge on any atom is -0.345 e. The summed E-state index contributed by atoms with van der Waals surface area (Å²) in [6.45, 7) is 1.76. The number of hydrogen-bond acceptors (Lipinski definition) is 3. The highest BCUT2D eigenvalue weighted by Gasteiger charge is 2.34. The lowest BCUT2D eigenvalue weighted by atomic mass is 10.1. The lowest BCUT2D eigenvalue weighted by Gasteiger charge is -2.22. The number of nitrogens with one attached hydrogen (secondary N) is 2. The first-order valence-corrected chi connectivity index (χ1v) is 10.4. The summed E-state index contributed by atoms with van der Waals surface area (Å²) in [6, 6.07) is 20.9. The van der Waals surface area contributed by atoms with Gasteiger partial charge in [-0.3, -0.25) is 14.4 Å². The van der Waals surface area contributed by atoms with Crippen molar-refractivity contribution in [1.29, 1.82) is 0 Å². The first-order valence-electron chi connectivity index (χ1n) is 10.4. The second-order valence-electron chi connectivity index (χ2n) is 7.92. The van der Waals surface area contributed by atoms with Crippen molar-refractivity contribution >= 4 is 34.2 Å². The Bertz CT molecular complexity index is 1120. The summed E-state index contributed by atoms with van der Waals surface area (Å²) in [6.07, 6.45) is 1.78. The number of aryl methyl sites for hydroxylation is 1. The van der Waals surface area contributed by atoms with E-state index in [1.54, 1.807) is 11.0 Å². The quantitative estimate of drug-likeness (QED) is 0.620. The molecule has 1 aliphatic rings. The summed E-state index contributed by atoms with van der Waals surface area (Å²) in [5.41, 5.74) is 2.34. The number of carbonyl (C=O) groups excluding carboxylic acids is 3. The number of rotatable bonds is 7. The Kier molecular flexibility index (Phi) is 5.98. The van der Waals surface area contributed by atoms with Gasteiger partial charge in [-0.15, -0.1) is 0 Å². The van der Waals surface area contributed by atoms with Crippen molar-refractivity contribution in [3.8, 4) is 0 Å². The summed E-state index contributed by atoms with van der Waals surface area (Å²) in [4.78, 5) is 39.2. The van der Waals surface area contributed by atoms with E-state index in [4.69, 9.17) is 0 Å². The first kappa shape index (κ1) is 20.6. The molecule has 1 saturated carbocycles. The van der Waals surface area contributed by atoms with E-state index in [2.05, 4.69) is 10.6 Å². The minimum atomic E-state index is -0.347. The van der Waals surface area contributed by atoms with Gasteiger partial charge in [0.1, 0.15) is 6.54 Å². The molecule has 0 bridgehead atoms. The van der Waals surface area contributed by atoms with E-state index in [1.165, 1.54) is 0 Å². The predicted molar refractivity (Wildman–Crippen MR) is 121 cm³/mol. The number of nitrogens with zero attached hydrogens (tertiary/aromatic N) is 1. The normalized spacial score (nSPS) is 12.9. The Balaban J connectivity index is 1.35. The number of fused-ring (bicyclic) bond motifs is 1. The lowest BCUT2D eigenvalue weighted by Crippen LogP contribution is -2.43. The second kappa shape index (κ2) is 9.00. The van der Waals surface area contributed by atoms with Crippen LogP contribution in [0.3, 0.4) is 0 Å². The maximum Gasteiger partial charge on any atom is 0.254 e. The molecule has 0 heterocycles. The van der Waals surface area contributed by atoms with Gasteiger partial charge in [-0.1, -0.05) is 48.0 Å². The van der Waals surface area contributed by atoms with Crippen LogP contribution < -0.4 is 10.6 Å². The number of carbonyl (C=O) groups is 3. The summed E-state index contributed by atoms with van der Waals surface area (Å²) in [5, 5.41) is 7.41. The Labute approximate surface area is 181 Å². The molecule has 2 N–H and O–H groups in total. The fraction of sp³-hybridized carbons (Fsp3) is 0.240. The zero-order chi connectivity index (χ0) is 21.8. The molecule has 3 aromatic rings. The van der Waals surface area contributed by atoms with Crippen LogP contribution in [-0.4, -0.2) is 41.8 Å². The average molecular weight is 415 g/mol. The largest absolute Gasteiger partial charge is 0.345 e. The van der Waals surface area contributed by atoms with Gasteiger partial charge >= 0.3 is 0 Å². The van der Waals surface area contributed by atoms with Gasteiger partial charge in [-0.2, -0.15) is 0 Å². The zero-order valence-electron chi connectivity index (χ0n) is 17.4. The second-order valence-corrected chi connectivity index (χ2v) is 7.92. The third kappa shape index (κ3) is 5.28. The first-order chi connectivity index (χ1) is 15.0. The van der Waals surface area contributed by atoms with Crippen molar-refractivity contribution in [1.82, 2.24) is 10.2 Å². The molecule has 0 aliphatic heterocycles. The highest BCUT2D eigenvalue weighted by atomic mass is 16.2. The third-order valence-corrected chi connectivity index (χ3v) is 5.34. The van der Waals surface area contributed by atoms with Gasteiger partial charge in [0.15, 0.2) is 0 Å². The topological polar surface area (TPSA) is 78.5 Å². The molecular weight excluding hydrogens is 390 g/mol. The van der Waals surface area contributed by atoms with Crippen LogP contribution in [0.1, 0.15) is 28.8 Å². The fourth-order valence-corrected chi connectivity index (χ4v) is 3.47. The van der Waals surface area contributed by atoms with Gasteiger partial charge in [0.05, 0.1) is 6.54 Å². The van der Waals surface area contributed by atoms with Gasteiger partial charge in [0.25, 0.3) is 5.91 Å². The molecule has 3 aromatic carbocycles. The number of anilines is 1. The average Bonchev–Trinajstić information content (AvgIpc) is 3.62. The van der Waals surface area contributed by atoms with Gasteiger partial charge in [0, 0.05) is 17.3 Å². The monoisotopic (exact) mass is 415 g/mol. The molecule has 6 heteroatoms. The maximum absolute atomic E-state index is 13.1. The number of hydrogen-bond donors (Lipinski definition) is 2. The Morgan fingerprint density at radius 1 is 0.903 bits per heavy atom. The molecule has 1 aliphatic carbocycles. The van der Waals surface area contributed by atoms with E-state index in [-0.39, 0.29) is 36.9 Å². The van der Waals surface area contributed by atoms with Crippen LogP contribution in [0.4, 0.5) is 5.69 Å². The molecule has 0 spiro atoms. The summed E-state index contributed by atoms with van der Waals surface area (Å²) in [5.74, 6) is -0.816. The van der Waals surface area contributed by atoms with Crippen molar-refractivity contribution in [2.75, 3.05) is 18.4 Å². The van der Waals surface area contributed by atoms with Gasteiger partial charge in [-0.05, 0) is 54.8 Å². The number of amides is 3. The van der Waals surface area contributed by atoms with Crippen LogP contribution in [0.25, 0.3) is 10.8 Å². The molecular formula is C25H25N3O3. The van der Waals surface area contributed by atoms with Gasteiger partial charge in [-0.25, -0.2) is 0 Å². The standard InChI is InChI=1S/C25H25N3O3/c1-17-6-10-21(11-7-17)27-23(29)15-26-24(30)16-28(22-12-13-22)25(31)20-9-8-18-4-2-3-5-19(18)14-20/h2-11,14,22H,12-13,15-16H2,1H3,(H,26,30)(H,27,29). The SMILES string of the molecule is Cc1ccc(NC(=O)CNC(=O)CN(C(=O)c2ccc3ccccc3c2)C2CC2)cc1. The summed E-state index contributed by atoms with van der Waals surface area (Å²) < 4.78 is 0. The van der Waals surface area contributed by atoms with Crippen molar-refractivity contribution in [2.24, 2.45) is 0 Å². The minimum absolute atomic E-state index is 0.0614. The molecule has 0 unspecified atom stereocenters. The predicted octanol–water partition coefficient (Wildman–Crippen LogP) is 3.51. The van der Waals surface area contributed by atoms with Crippen LogP contribution in [0.2, 0.25) is 0 Å². The van der Waals surface area contributed by atoms with Crippen LogP contribution >= 0.6 is 0 Å². The van der Waals surface area contributed by atoms with Crippen LogP contribution in [0, 0.1) is 6.92 Å². The van der Waals surface area contributed by atoms with Gasteiger partial charge < -0.3 is 15.5 Å². The molecule has 0 saturated heterocycles. The highest BCUT2D eigenvalue weighted by Crippen LogP contribution is 2.28.